The third kappa shape index (κ3) is 4.12. The van der Waals surface area contributed by atoms with E-state index in [9.17, 15) is 18.4 Å². The second-order valence-corrected chi connectivity index (χ2v) is 5.61. The van der Waals surface area contributed by atoms with E-state index in [-0.39, 0.29) is 23.7 Å². The van der Waals surface area contributed by atoms with Gasteiger partial charge < -0.3 is 15.7 Å². The number of pyridine rings is 1. The van der Waals surface area contributed by atoms with Crippen LogP contribution in [0.4, 0.5) is 20.3 Å². The Kier molecular flexibility index (Phi) is 5.42. The van der Waals surface area contributed by atoms with Crippen molar-refractivity contribution in [3.63, 3.8) is 0 Å². The van der Waals surface area contributed by atoms with Crippen molar-refractivity contribution in [2.45, 2.75) is 6.54 Å². The van der Waals surface area contributed by atoms with Crippen LogP contribution in [0.3, 0.4) is 0 Å². The van der Waals surface area contributed by atoms with Crippen molar-refractivity contribution in [3.05, 3.63) is 50.7 Å². The first kappa shape index (κ1) is 17.1. The van der Waals surface area contributed by atoms with Gasteiger partial charge in [0.25, 0.3) is 0 Å². The van der Waals surface area contributed by atoms with E-state index in [1.165, 1.54) is 12.1 Å². The summed E-state index contributed by atoms with van der Waals surface area (Å²) >= 11 is 1.93. The molecule has 0 saturated carbocycles. The van der Waals surface area contributed by atoms with Gasteiger partial charge in [-0.15, -0.1) is 0 Å². The van der Waals surface area contributed by atoms with Crippen LogP contribution in [0.1, 0.15) is 16.1 Å². The lowest BCUT2D eigenvalue weighted by molar-refractivity contribution is -0.109. The third-order valence-electron chi connectivity index (χ3n) is 2.82. The second kappa shape index (κ2) is 7.31. The Labute approximate surface area is 143 Å². The summed E-state index contributed by atoms with van der Waals surface area (Å²) in [4.78, 5) is 25.3. The highest BCUT2D eigenvalue weighted by Gasteiger charge is 2.18. The molecular formula is C14H10F2IN3O3. The molecule has 0 aliphatic heterocycles. The van der Waals surface area contributed by atoms with E-state index in [4.69, 9.17) is 5.11 Å². The van der Waals surface area contributed by atoms with Gasteiger partial charge in [0.15, 0.2) is 0 Å². The Morgan fingerprint density at radius 1 is 1.30 bits per heavy atom. The van der Waals surface area contributed by atoms with Crippen molar-refractivity contribution in [1.29, 1.82) is 0 Å². The predicted molar refractivity (Wildman–Crippen MR) is 86.5 cm³/mol. The monoisotopic (exact) mass is 433 g/mol. The number of carboxylic acids is 1. The molecule has 0 spiro atoms. The molecule has 2 rings (SSSR count). The summed E-state index contributed by atoms with van der Waals surface area (Å²) in [6, 6.07) is 5.05. The summed E-state index contributed by atoms with van der Waals surface area (Å²) < 4.78 is 28.3. The fraction of sp³-hybridized carbons (Fsp3) is 0.0714. The number of carboxylic acid groups (broad SMARTS) is 1. The molecule has 1 heterocycles. The van der Waals surface area contributed by atoms with E-state index in [0.717, 1.165) is 6.07 Å². The van der Waals surface area contributed by atoms with E-state index in [2.05, 4.69) is 15.6 Å². The molecule has 0 saturated heterocycles. The topological polar surface area (TPSA) is 91.3 Å². The average molecular weight is 433 g/mol. The molecule has 1 aromatic heterocycles. The van der Waals surface area contributed by atoms with Gasteiger partial charge in [-0.05, 0) is 46.9 Å². The van der Waals surface area contributed by atoms with E-state index in [0.29, 0.717) is 9.98 Å². The molecular weight excluding hydrogens is 423 g/mol. The van der Waals surface area contributed by atoms with Crippen molar-refractivity contribution < 1.29 is 23.5 Å². The standard InChI is InChI=1S/C14H10F2IN3O3/c15-9-3-7(17)1-2-11(9)19-13-8(14(22)23)4-10(16)12(20-13)5-18-6-21/h1-4,6H,5H2,(H,18,21)(H,19,20)(H,22,23). The minimum atomic E-state index is -1.42. The number of nitrogens with zero attached hydrogens (tertiary/aromatic N) is 1. The van der Waals surface area contributed by atoms with E-state index in [1.54, 1.807) is 6.07 Å². The highest BCUT2D eigenvalue weighted by Crippen LogP contribution is 2.24. The SMILES string of the molecule is O=CNCc1nc(Nc2ccc(I)cc2F)c(C(=O)O)cc1F. The largest absolute Gasteiger partial charge is 0.478 e. The van der Waals surface area contributed by atoms with Crippen LogP contribution in [0, 0.1) is 15.2 Å². The van der Waals surface area contributed by atoms with E-state index in [1.807, 2.05) is 22.6 Å². The fourth-order valence-electron chi connectivity index (χ4n) is 1.77. The van der Waals surface area contributed by atoms with Gasteiger partial charge in [0.2, 0.25) is 6.41 Å². The van der Waals surface area contributed by atoms with Crippen molar-refractivity contribution in [2.24, 2.45) is 0 Å². The van der Waals surface area contributed by atoms with Gasteiger partial charge in [0, 0.05) is 3.57 Å². The molecule has 23 heavy (non-hydrogen) atoms. The number of aromatic carboxylic acids is 1. The summed E-state index contributed by atoms with van der Waals surface area (Å²) in [7, 11) is 0. The Morgan fingerprint density at radius 2 is 2.04 bits per heavy atom. The number of halogens is 3. The van der Waals surface area contributed by atoms with Gasteiger partial charge in [0.05, 0.1) is 17.9 Å². The van der Waals surface area contributed by atoms with Crippen LogP contribution < -0.4 is 10.6 Å². The molecule has 0 bridgehead atoms. The first-order chi connectivity index (χ1) is 10.9. The lowest BCUT2D eigenvalue weighted by atomic mass is 10.2. The van der Waals surface area contributed by atoms with Crippen LogP contribution >= 0.6 is 22.6 Å². The quantitative estimate of drug-likeness (QED) is 0.482. The maximum Gasteiger partial charge on any atom is 0.339 e. The number of rotatable bonds is 6. The number of hydrogen-bond donors (Lipinski definition) is 3. The molecule has 120 valence electrons. The maximum atomic E-state index is 13.9. The van der Waals surface area contributed by atoms with Crippen molar-refractivity contribution >= 4 is 46.5 Å². The summed E-state index contributed by atoms with van der Waals surface area (Å²) in [5.41, 5.74) is -0.618. The predicted octanol–water partition coefficient (Wildman–Crippen LogP) is 2.65. The fourth-order valence-corrected chi connectivity index (χ4v) is 2.22. The number of hydrogen-bond acceptors (Lipinski definition) is 4. The summed E-state index contributed by atoms with van der Waals surface area (Å²) in [5, 5.41) is 13.9. The zero-order chi connectivity index (χ0) is 17.0. The van der Waals surface area contributed by atoms with Crippen molar-refractivity contribution in [2.75, 3.05) is 5.32 Å². The summed E-state index contributed by atoms with van der Waals surface area (Å²) in [5.74, 6) is -3.13. The van der Waals surface area contributed by atoms with Crippen molar-refractivity contribution in [3.8, 4) is 0 Å². The van der Waals surface area contributed by atoms with Crippen LogP contribution in [-0.4, -0.2) is 22.5 Å². The number of anilines is 2. The van der Waals surface area contributed by atoms with Gasteiger partial charge in [-0.25, -0.2) is 18.6 Å². The number of benzene rings is 1. The normalized spacial score (nSPS) is 10.2. The highest BCUT2D eigenvalue weighted by atomic mass is 127. The number of carbonyl (C=O) groups is 2. The number of nitrogens with one attached hydrogen (secondary N) is 2. The van der Waals surface area contributed by atoms with Crippen LogP contribution in [0.25, 0.3) is 0 Å². The zero-order valence-corrected chi connectivity index (χ0v) is 13.6. The molecule has 1 amide bonds. The molecule has 0 aliphatic carbocycles. The van der Waals surface area contributed by atoms with Crippen LogP contribution in [-0.2, 0) is 11.3 Å². The molecule has 0 atom stereocenters. The molecule has 6 nitrogen and oxygen atoms in total. The lowest BCUT2D eigenvalue weighted by Gasteiger charge is -2.12. The van der Waals surface area contributed by atoms with Crippen LogP contribution in [0.5, 0.6) is 0 Å². The van der Waals surface area contributed by atoms with Crippen LogP contribution in [0.2, 0.25) is 0 Å². The molecule has 1 aromatic carbocycles. The maximum absolute atomic E-state index is 13.9. The minimum Gasteiger partial charge on any atom is -0.478 e. The second-order valence-electron chi connectivity index (χ2n) is 4.37. The smallest absolute Gasteiger partial charge is 0.339 e. The van der Waals surface area contributed by atoms with Crippen LogP contribution in [0.15, 0.2) is 24.3 Å². The Bertz CT molecular complexity index is 771. The summed E-state index contributed by atoms with van der Waals surface area (Å²) in [6.45, 7) is -0.223. The first-order valence-electron chi connectivity index (χ1n) is 6.24. The molecule has 0 radical (unpaired) electrons. The lowest BCUT2D eigenvalue weighted by Crippen LogP contribution is -2.15. The van der Waals surface area contributed by atoms with Gasteiger partial charge in [-0.2, -0.15) is 0 Å². The van der Waals surface area contributed by atoms with Crippen molar-refractivity contribution in [1.82, 2.24) is 10.3 Å². The molecule has 0 aliphatic rings. The highest BCUT2D eigenvalue weighted by molar-refractivity contribution is 14.1. The minimum absolute atomic E-state index is 0.00122. The number of amides is 1. The molecule has 2 aromatic rings. The molecule has 0 unspecified atom stereocenters. The Hall–Kier alpha value is -2.30. The van der Waals surface area contributed by atoms with Gasteiger partial charge >= 0.3 is 5.97 Å². The van der Waals surface area contributed by atoms with Gasteiger partial charge in [-0.1, -0.05) is 0 Å². The summed E-state index contributed by atoms with van der Waals surface area (Å²) in [6.07, 6.45) is 0.359. The molecule has 9 heteroatoms. The number of carbonyl (C=O) groups excluding carboxylic acids is 1. The first-order valence-corrected chi connectivity index (χ1v) is 7.32. The Morgan fingerprint density at radius 3 is 2.65 bits per heavy atom. The van der Waals surface area contributed by atoms with Gasteiger partial charge in [-0.3, -0.25) is 4.79 Å². The van der Waals surface area contributed by atoms with E-state index < -0.39 is 23.2 Å². The van der Waals surface area contributed by atoms with E-state index >= 15 is 0 Å². The molecule has 0 fully saturated rings. The average Bonchev–Trinajstić information content (AvgIpc) is 2.49. The third-order valence-corrected chi connectivity index (χ3v) is 3.49. The van der Waals surface area contributed by atoms with Gasteiger partial charge in [0.1, 0.15) is 23.0 Å². The number of aromatic nitrogens is 1. The Balaban J connectivity index is 2.45. The molecule has 3 N–H and O–H groups in total. The zero-order valence-electron chi connectivity index (χ0n) is 11.4.